The smallest absolute Gasteiger partial charge is 0.137 e. The van der Waals surface area contributed by atoms with E-state index in [0.29, 0.717) is 16.4 Å². The molecule has 0 amide bonds. The minimum atomic E-state index is -0.226. The van der Waals surface area contributed by atoms with E-state index in [9.17, 15) is 4.39 Å². The van der Waals surface area contributed by atoms with Gasteiger partial charge < -0.3 is 10.1 Å². The van der Waals surface area contributed by atoms with E-state index in [1.54, 1.807) is 0 Å². The molecular formula is C15H21BrFNO. The molecule has 1 saturated heterocycles. The van der Waals surface area contributed by atoms with E-state index in [1.807, 2.05) is 12.1 Å². The van der Waals surface area contributed by atoms with Crippen LogP contribution in [0, 0.1) is 11.7 Å². The van der Waals surface area contributed by atoms with E-state index in [4.69, 9.17) is 4.74 Å². The summed E-state index contributed by atoms with van der Waals surface area (Å²) in [5.74, 6) is 0.227. The molecule has 4 heteroatoms. The molecule has 0 aliphatic carbocycles. The minimum Gasteiger partial charge on any atom is -0.373 e. The number of nitrogens with one attached hydrogen (secondary N) is 1. The molecule has 1 aromatic carbocycles. The van der Waals surface area contributed by atoms with E-state index in [1.165, 1.54) is 6.07 Å². The van der Waals surface area contributed by atoms with Crippen LogP contribution in [0.3, 0.4) is 0 Å². The van der Waals surface area contributed by atoms with Gasteiger partial charge in [-0.25, -0.2) is 4.39 Å². The highest BCUT2D eigenvalue weighted by Crippen LogP contribution is 2.34. The topological polar surface area (TPSA) is 21.3 Å². The van der Waals surface area contributed by atoms with Crippen LogP contribution in [0.1, 0.15) is 38.4 Å². The molecule has 1 aliphatic rings. The van der Waals surface area contributed by atoms with Gasteiger partial charge in [-0.3, -0.25) is 0 Å². The first-order valence-corrected chi connectivity index (χ1v) is 7.67. The fraction of sp³-hybridized carbons (Fsp3) is 0.600. The number of ether oxygens (including phenoxy) is 1. The van der Waals surface area contributed by atoms with Gasteiger partial charge in [-0.05, 0) is 46.5 Å². The van der Waals surface area contributed by atoms with Crippen molar-refractivity contribution >= 4 is 15.9 Å². The molecule has 0 aromatic heterocycles. The Morgan fingerprint density at radius 3 is 2.95 bits per heavy atom. The van der Waals surface area contributed by atoms with Crippen molar-refractivity contribution in [2.45, 2.75) is 38.8 Å². The Morgan fingerprint density at radius 1 is 1.47 bits per heavy atom. The van der Waals surface area contributed by atoms with Gasteiger partial charge in [0, 0.05) is 25.1 Å². The summed E-state index contributed by atoms with van der Waals surface area (Å²) < 4.78 is 19.7. The lowest BCUT2D eigenvalue weighted by Gasteiger charge is -2.33. The standard InChI is InChI=1S/C15H21BrFNO/c1-10(2)18-9-12-4-3-7-19-15(12)11-5-6-14(17)13(16)8-11/h5-6,8,10,12,15,18H,3-4,7,9H2,1-2H3. The lowest BCUT2D eigenvalue weighted by atomic mass is 9.89. The fourth-order valence-corrected chi connectivity index (χ4v) is 2.89. The van der Waals surface area contributed by atoms with Gasteiger partial charge in [0.05, 0.1) is 10.6 Å². The first-order chi connectivity index (χ1) is 9.08. The summed E-state index contributed by atoms with van der Waals surface area (Å²) in [7, 11) is 0. The molecule has 1 N–H and O–H groups in total. The van der Waals surface area contributed by atoms with Gasteiger partial charge in [0.2, 0.25) is 0 Å². The van der Waals surface area contributed by atoms with Crippen LogP contribution in [0.15, 0.2) is 22.7 Å². The summed E-state index contributed by atoms with van der Waals surface area (Å²) in [6.45, 7) is 6.02. The Labute approximate surface area is 122 Å². The summed E-state index contributed by atoms with van der Waals surface area (Å²) in [6, 6.07) is 5.65. The second kappa shape index (κ2) is 6.82. The molecule has 1 heterocycles. The number of hydrogen-bond donors (Lipinski definition) is 1. The third-order valence-electron chi connectivity index (χ3n) is 3.51. The van der Waals surface area contributed by atoms with E-state index in [-0.39, 0.29) is 11.9 Å². The predicted octanol–water partition coefficient (Wildman–Crippen LogP) is 4.05. The summed E-state index contributed by atoms with van der Waals surface area (Å²) in [6.07, 6.45) is 2.32. The second-order valence-electron chi connectivity index (χ2n) is 5.43. The highest BCUT2D eigenvalue weighted by atomic mass is 79.9. The summed E-state index contributed by atoms with van der Waals surface area (Å²) in [5, 5.41) is 3.48. The Kier molecular flexibility index (Phi) is 5.37. The molecule has 2 rings (SSSR count). The Morgan fingerprint density at radius 2 is 2.26 bits per heavy atom. The largest absolute Gasteiger partial charge is 0.373 e. The van der Waals surface area contributed by atoms with E-state index in [2.05, 4.69) is 35.1 Å². The summed E-state index contributed by atoms with van der Waals surface area (Å²) in [4.78, 5) is 0. The third-order valence-corrected chi connectivity index (χ3v) is 4.11. The van der Waals surface area contributed by atoms with Gasteiger partial charge in [0.15, 0.2) is 0 Å². The van der Waals surface area contributed by atoms with Crippen molar-refractivity contribution in [3.8, 4) is 0 Å². The molecule has 0 bridgehead atoms. The Balaban J connectivity index is 2.11. The number of rotatable bonds is 4. The molecule has 106 valence electrons. The maximum atomic E-state index is 13.3. The Bertz CT molecular complexity index is 425. The second-order valence-corrected chi connectivity index (χ2v) is 6.28. The molecule has 1 aliphatic heterocycles. The van der Waals surface area contributed by atoms with Crippen molar-refractivity contribution in [2.75, 3.05) is 13.2 Å². The van der Waals surface area contributed by atoms with Gasteiger partial charge in [-0.1, -0.05) is 19.9 Å². The van der Waals surface area contributed by atoms with Crippen molar-refractivity contribution in [1.82, 2.24) is 5.32 Å². The van der Waals surface area contributed by atoms with Crippen LogP contribution >= 0.6 is 15.9 Å². The van der Waals surface area contributed by atoms with Crippen LogP contribution in [0.4, 0.5) is 4.39 Å². The van der Waals surface area contributed by atoms with Gasteiger partial charge in [0.25, 0.3) is 0 Å². The zero-order chi connectivity index (χ0) is 13.8. The lowest BCUT2D eigenvalue weighted by molar-refractivity contribution is -0.0282. The van der Waals surface area contributed by atoms with Gasteiger partial charge in [-0.2, -0.15) is 0 Å². The zero-order valence-corrected chi connectivity index (χ0v) is 13.0. The normalized spacial score (nSPS) is 23.8. The van der Waals surface area contributed by atoms with Crippen molar-refractivity contribution in [1.29, 1.82) is 0 Å². The molecule has 19 heavy (non-hydrogen) atoms. The highest BCUT2D eigenvalue weighted by Gasteiger charge is 2.27. The zero-order valence-electron chi connectivity index (χ0n) is 11.5. The number of benzene rings is 1. The molecule has 2 unspecified atom stereocenters. The molecule has 0 radical (unpaired) electrons. The fourth-order valence-electron chi connectivity index (χ4n) is 2.50. The molecule has 2 atom stereocenters. The molecule has 2 nitrogen and oxygen atoms in total. The average Bonchev–Trinajstić information content (AvgIpc) is 2.40. The molecule has 1 aromatic rings. The van der Waals surface area contributed by atoms with Gasteiger partial charge in [0.1, 0.15) is 5.82 Å². The van der Waals surface area contributed by atoms with Gasteiger partial charge >= 0.3 is 0 Å². The first kappa shape index (κ1) is 14.9. The van der Waals surface area contributed by atoms with E-state index in [0.717, 1.165) is 31.6 Å². The van der Waals surface area contributed by atoms with Crippen LogP contribution in [0.5, 0.6) is 0 Å². The van der Waals surface area contributed by atoms with E-state index < -0.39 is 0 Å². The van der Waals surface area contributed by atoms with E-state index >= 15 is 0 Å². The van der Waals surface area contributed by atoms with Crippen molar-refractivity contribution < 1.29 is 9.13 Å². The third kappa shape index (κ3) is 4.01. The SMILES string of the molecule is CC(C)NCC1CCCOC1c1ccc(F)c(Br)c1. The van der Waals surface area contributed by atoms with Crippen LogP contribution in [-0.4, -0.2) is 19.2 Å². The average molecular weight is 330 g/mol. The monoisotopic (exact) mass is 329 g/mol. The number of hydrogen-bond acceptors (Lipinski definition) is 2. The number of halogens is 2. The maximum Gasteiger partial charge on any atom is 0.137 e. The van der Waals surface area contributed by atoms with Gasteiger partial charge in [-0.15, -0.1) is 0 Å². The Hall–Kier alpha value is -0.450. The maximum absolute atomic E-state index is 13.3. The predicted molar refractivity (Wildman–Crippen MR) is 78.7 cm³/mol. The lowest BCUT2D eigenvalue weighted by Crippen LogP contribution is -2.35. The van der Waals surface area contributed by atoms with Crippen molar-refractivity contribution in [2.24, 2.45) is 5.92 Å². The van der Waals surface area contributed by atoms with Crippen LogP contribution in [0.2, 0.25) is 0 Å². The quantitative estimate of drug-likeness (QED) is 0.899. The molecule has 1 fully saturated rings. The summed E-state index contributed by atoms with van der Waals surface area (Å²) >= 11 is 3.25. The highest BCUT2D eigenvalue weighted by molar-refractivity contribution is 9.10. The van der Waals surface area contributed by atoms with Crippen LogP contribution in [-0.2, 0) is 4.74 Å². The minimum absolute atomic E-state index is 0.0666. The molecular weight excluding hydrogens is 309 g/mol. The summed E-state index contributed by atoms with van der Waals surface area (Å²) in [5.41, 5.74) is 1.06. The van der Waals surface area contributed by atoms with Crippen molar-refractivity contribution in [3.63, 3.8) is 0 Å². The van der Waals surface area contributed by atoms with Crippen molar-refractivity contribution in [3.05, 3.63) is 34.1 Å². The first-order valence-electron chi connectivity index (χ1n) is 6.88. The van der Waals surface area contributed by atoms with Crippen LogP contribution < -0.4 is 5.32 Å². The van der Waals surface area contributed by atoms with Crippen LogP contribution in [0.25, 0.3) is 0 Å². The molecule has 0 saturated carbocycles. The molecule has 0 spiro atoms.